The number of rotatable bonds is 5. The minimum Gasteiger partial charge on any atom is -0.375 e. The van der Waals surface area contributed by atoms with E-state index in [-0.39, 0.29) is 11.7 Å². The predicted octanol–water partition coefficient (Wildman–Crippen LogP) is 3.56. The summed E-state index contributed by atoms with van der Waals surface area (Å²) in [7, 11) is 0. The van der Waals surface area contributed by atoms with E-state index in [0.29, 0.717) is 11.8 Å². The van der Waals surface area contributed by atoms with Crippen molar-refractivity contribution < 1.29 is 4.74 Å². The van der Waals surface area contributed by atoms with Gasteiger partial charge in [-0.15, -0.1) is 11.3 Å². The second kappa shape index (κ2) is 8.23. The first-order chi connectivity index (χ1) is 13.0. The molecule has 2 aromatic heterocycles. The molecule has 7 heteroatoms. The molecule has 2 atom stereocenters. The normalized spacial score (nSPS) is 23.9. The predicted molar refractivity (Wildman–Crippen MR) is 113 cm³/mol. The average Bonchev–Trinajstić information content (AvgIpc) is 2.97. The Labute approximate surface area is 168 Å². The van der Waals surface area contributed by atoms with E-state index in [1.54, 1.807) is 23.1 Å². The van der Waals surface area contributed by atoms with Gasteiger partial charge in [0, 0.05) is 30.3 Å². The van der Waals surface area contributed by atoms with Crippen molar-refractivity contribution in [2.24, 2.45) is 11.8 Å². The van der Waals surface area contributed by atoms with E-state index in [4.69, 9.17) is 9.72 Å². The SMILES string of the molecule is CC(C)CN1CCO[C@@H](CSc2nc3sc4c(c3c(=O)[nH]2)CC[C@@H](C)C4)C1. The number of fused-ring (bicyclic) bond motifs is 3. The van der Waals surface area contributed by atoms with Crippen LogP contribution in [0, 0.1) is 11.8 Å². The van der Waals surface area contributed by atoms with E-state index in [9.17, 15) is 4.79 Å². The largest absolute Gasteiger partial charge is 0.375 e. The van der Waals surface area contributed by atoms with Crippen LogP contribution >= 0.6 is 23.1 Å². The maximum absolute atomic E-state index is 12.7. The maximum Gasteiger partial charge on any atom is 0.260 e. The molecule has 0 radical (unpaired) electrons. The van der Waals surface area contributed by atoms with Crippen LogP contribution in [0.4, 0.5) is 0 Å². The van der Waals surface area contributed by atoms with E-state index in [2.05, 4.69) is 30.7 Å². The van der Waals surface area contributed by atoms with Crippen molar-refractivity contribution in [2.75, 3.05) is 32.0 Å². The zero-order valence-corrected chi connectivity index (χ0v) is 18.0. The van der Waals surface area contributed by atoms with Crippen LogP contribution in [0.3, 0.4) is 0 Å². The highest BCUT2D eigenvalue weighted by molar-refractivity contribution is 7.99. The average molecular weight is 408 g/mol. The third-order valence-electron chi connectivity index (χ3n) is 5.40. The Morgan fingerprint density at radius 3 is 3.11 bits per heavy atom. The standard InChI is InChI=1S/C20H29N3O2S2/c1-12(2)9-23-6-7-25-14(10-23)11-26-20-21-18(24)17-15-5-4-13(3)8-16(15)27-19(17)22-20/h12-14H,4-11H2,1-3H3,(H,21,22,24)/t13-,14-/m1/s1. The first-order valence-corrected chi connectivity index (χ1v) is 11.8. The lowest BCUT2D eigenvalue weighted by Gasteiger charge is -2.33. The molecule has 2 aromatic rings. The first kappa shape index (κ1) is 19.4. The minimum absolute atomic E-state index is 0.0283. The number of thiophene rings is 1. The highest BCUT2D eigenvalue weighted by Gasteiger charge is 2.24. The van der Waals surface area contributed by atoms with E-state index >= 15 is 0 Å². The van der Waals surface area contributed by atoms with Gasteiger partial charge in [-0.05, 0) is 36.7 Å². The fourth-order valence-corrected chi connectivity index (χ4v) is 6.44. The van der Waals surface area contributed by atoms with Crippen LogP contribution in [0.25, 0.3) is 10.2 Å². The molecule has 1 saturated heterocycles. The zero-order valence-electron chi connectivity index (χ0n) is 16.4. The van der Waals surface area contributed by atoms with E-state index < -0.39 is 0 Å². The Balaban J connectivity index is 1.46. The topological polar surface area (TPSA) is 58.2 Å². The number of ether oxygens (including phenoxy) is 1. The number of aryl methyl sites for hydroxylation is 1. The van der Waals surface area contributed by atoms with Crippen LogP contribution < -0.4 is 5.56 Å². The van der Waals surface area contributed by atoms with Crippen LogP contribution in [-0.2, 0) is 17.6 Å². The molecule has 0 aromatic carbocycles. The second-order valence-electron chi connectivity index (χ2n) is 8.36. The summed E-state index contributed by atoms with van der Waals surface area (Å²) >= 11 is 3.33. The first-order valence-electron chi connectivity index (χ1n) is 10.0. The third kappa shape index (κ3) is 4.42. The number of thioether (sulfide) groups is 1. The summed E-state index contributed by atoms with van der Waals surface area (Å²) < 4.78 is 5.93. The van der Waals surface area contributed by atoms with Crippen molar-refractivity contribution in [3.8, 4) is 0 Å². The van der Waals surface area contributed by atoms with Crippen molar-refractivity contribution in [1.29, 1.82) is 0 Å². The number of hydrogen-bond donors (Lipinski definition) is 1. The molecule has 0 bridgehead atoms. The van der Waals surface area contributed by atoms with Gasteiger partial charge in [-0.2, -0.15) is 0 Å². The lowest BCUT2D eigenvalue weighted by Crippen LogP contribution is -2.44. The Morgan fingerprint density at radius 2 is 2.30 bits per heavy atom. The molecular weight excluding hydrogens is 378 g/mol. The Kier molecular flexibility index (Phi) is 5.92. The van der Waals surface area contributed by atoms with E-state index in [0.717, 1.165) is 60.2 Å². The lowest BCUT2D eigenvalue weighted by molar-refractivity contribution is -0.0191. The van der Waals surface area contributed by atoms with Gasteiger partial charge in [0.25, 0.3) is 5.56 Å². The number of H-pyrrole nitrogens is 1. The molecule has 27 heavy (non-hydrogen) atoms. The fourth-order valence-electron chi connectivity index (χ4n) is 4.13. The van der Waals surface area contributed by atoms with Gasteiger partial charge >= 0.3 is 0 Å². The second-order valence-corrected chi connectivity index (χ2v) is 10.5. The van der Waals surface area contributed by atoms with Gasteiger partial charge in [0.2, 0.25) is 0 Å². The highest BCUT2D eigenvalue weighted by Crippen LogP contribution is 2.36. The Hall–Kier alpha value is -0.890. The van der Waals surface area contributed by atoms with Gasteiger partial charge in [0.05, 0.1) is 18.1 Å². The number of aromatic nitrogens is 2. The number of aromatic amines is 1. The van der Waals surface area contributed by atoms with Crippen molar-refractivity contribution in [2.45, 2.75) is 51.3 Å². The van der Waals surface area contributed by atoms with Crippen LogP contribution in [0.5, 0.6) is 0 Å². The van der Waals surface area contributed by atoms with Crippen molar-refractivity contribution in [3.05, 3.63) is 20.8 Å². The summed E-state index contributed by atoms with van der Waals surface area (Å²) in [5, 5.41) is 1.56. The molecule has 1 N–H and O–H groups in total. The van der Waals surface area contributed by atoms with Crippen LogP contribution in [0.15, 0.2) is 9.95 Å². The molecule has 148 valence electrons. The smallest absolute Gasteiger partial charge is 0.260 e. The number of morpholine rings is 1. The quantitative estimate of drug-likeness (QED) is 0.607. The summed E-state index contributed by atoms with van der Waals surface area (Å²) in [6.07, 6.45) is 3.46. The van der Waals surface area contributed by atoms with Crippen LogP contribution in [0.2, 0.25) is 0 Å². The number of nitrogens with one attached hydrogen (secondary N) is 1. The van der Waals surface area contributed by atoms with Crippen LogP contribution in [0.1, 0.15) is 37.6 Å². The number of hydrogen-bond acceptors (Lipinski definition) is 6. The molecule has 0 unspecified atom stereocenters. The zero-order chi connectivity index (χ0) is 19.0. The minimum atomic E-state index is 0.0283. The molecule has 2 aliphatic rings. The van der Waals surface area contributed by atoms with Gasteiger partial charge in [-0.25, -0.2) is 4.98 Å². The van der Waals surface area contributed by atoms with Crippen molar-refractivity contribution in [3.63, 3.8) is 0 Å². The summed E-state index contributed by atoms with van der Waals surface area (Å²) in [5.41, 5.74) is 1.28. The molecule has 0 spiro atoms. The number of nitrogens with zero attached hydrogens (tertiary/aromatic N) is 2. The lowest BCUT2D eigenvalue weighted by atomic mass is 9.89. The van der Waals surface area contributed by atoms with Gasteiger partial charge in [-0.1, -0.05) is 32.5 Å². The molecule has 0 saturated carbocycles. The molecule has 5 nitrogen and oxygen atoms in total. The monoisotopic (exact) mass is 407 g/mol. The fraction of sp³-hybridized carbons (Fsp3) is 0.700. The van der Waals surface area contributed by atoms with E-state index in [1.807, 2.05) is 0 Å². The van der Waals surface area contributed by atoms with Crippen LogP contribution in [-0.4, -0.2) is 53.0 Å². The molecular formula is C20H29N3O2S2. The van der Waals surface area contributed by atoms with E-state index in [1.165, 1.54) is 16.9 Å². The molecule has 1 aliphatic carbocycles. The summed E-state index contributed by atoms with van der Waals surface area (Å²) in [4.78, 5) is 25.2. The molecule has 0 amide bonds. The maximum atomic E-state index is 12.7. The molecule has 3 heterocycles. The van der Waals surface area contributed by atoms with Gasteiger partial charge in [-0.3, -0.25) is 9.69 Å². The van der Waals surface area contributed by atoms with Gasteiger partial charge < -0.3 is 9.72 Å². The molecule has 1 fully saturated rings. The summed E-state index contributed by atoms with van der Waals surface area (Å²) in [6.45, 7) is 10.7. The molecule has 1 aliphatic heterocycles. The summed E-state index contributed by atoms with van der Waals surface area (Å²) in [5.74, 6) is 2.20. The van der Waals surface area contributed by atoms with Gasteiger partial charge in [0.1, 0.15) is 4.83 Å². The Morgan fingerprint density at radius 1 is 1.44 bits per heavy atom. The summed E-state index contributed by atoms with van der Waals surface area (Å²) in [6, 6.07) is 0. The third-order valence-corrected chi connectivity index (χ3v) is 7.55. The van der Waals surface area contributed by atoms with Crippen molar-refractivity contribution >= 4 is 33.3 Å². The van der Waals surface area contributed by atoms with Crippen molar-refractivity contribution in [1.82, 2.24) is 14.9 Å². The highest BCUT2D eigenvalue weighted by atomic mass is 32.2. The molecule has 4 rings (SSSR count). The van der Waals surface area contributed by atoms with Gasteiger partial charge in [0.15, 0.2) is 5.16 Å². The Bertz CT molecular complexity index is 861.